The van der Waals surface area contributed by atoms with Crippen molar-refractivity contribution >= 4 is 28.2 Å². The van der Waals surface area contributed by atoms with Gasteiger partial charge in [-0.3, -0.25) is 0 Å². The summed E-state index contributed by atoms with van der Waals surface area (Å²) in [6.45, 7) is 5.62. The van der Waals surface area contributed by atoms with Gasteiger partial charge in [0.1, 0.15) is 0 Å². The number of aromatic nitrogens is 2. The third-order valence-electron chi connectivity index (χ3n) is 3.62. The minimum atomic E-state index is -3.83. The van der Waals surface area contributed by atoms with Crippen molar-refractivity contribution in [3.05, 3.63) is 17.0 Å². The number of nitrogens with zero attached hydrogens (tertiary/aromatic N) is 3. The summed E-state index contributed by atoms with van der Waals surface area (Å²) in [4.78, 5) is 15.1. The number of aliphatic carboxylic acids is 1. The molecule has 0 unspecified atom stereocenters. The molecule has 0 fully saturated rings. The largest absolute Gasteiger partial charge is 0.478 e. The van der Waals surface area contributed by atoms with Gasteiger partial charge in [-0.2, -0.15) is 16.7 Å². The highest BCUT2D eigenvalue weighted by Crippen LogP contribution is 2.28. The molecule has 2 rings (SSSR count). The molecule has 122 valence electrons. The van der Waals surface area contributed by atoms with Crippen molar-refractivity contribution in [2.45, 2.75) is 39.7 Å². The van der Waals surface area contributed by atoms with Gasteiger partial charge in [0.2, 0.25) is 5.95 Å². The van der Waals surface area contributed by atoms with Crippen LogP contribution in [0, 0.1) is 0 Å². The standard InChI is InChI=1S/C13H20N4O4S/c1-4-16(8(2)3)22(20,21)17-11-6-5-9(12(18)19)7-10(11)15-13(17)14/h7-8H,4-6H2,1-3H3,(H2,14,15)(H,18,19). The Morgan fingerprint density at radius 2 is 2.14 bits per heavy atom. The van der Waals surface area contributed by atoms with Crippen LogP contribution in [0.3, 0.4) is 0 Å². The predicted molar refractivity (Wildman–Crippen MR) is 82.4 cm³/mol. The maximum absolute atomic E-state index is 12.8. The minimum Gasteiger partial charge on any atom is -0.478 e. The minimum absolute atomic E-state index is 0.146. The van der Waals surface area contributed by atoms with Crippen LogP contribution < -0.4 is 5.73 Å². The number of fused-ring (bicyclic) bond motifs is 1. The Bertz CT molecular complexity index is 733. The van der Waals surface area contributed by atoms with E-state index >= 15 is 0 Å². The van der Waals surface area contributed by atoms with Crippen molar-refractivity contribution in [2.24, 2.45) is 0 Å². The number of anilines is 1. The summed E-state index contributed by atoms with van der Waals surface area (Å²) >= 11 is 0. The van der Waals surface area contributed by atoms with Gasteiger partial charge >= 0.3 is 16.2 Å². The summed E-state index contributed by atoms with van der Waals surface area (Å²) in [5.74, 6) is -1.18. The second kappa shape index (κ2) is 5.73. The molecule has 1 heterocycles. The van der Waals surface area contributed by atoms with Gasteiger partial charge in [0.15, 0.2) is 0 Å². The maximum Gasteiger partial charge on any atom is 0.331 e. The number of rotatable bonds is 5. The summed E-state index contributed by atoms with van der Waals surface area (Å²) in [5.41, 5.74) is 6.73. The zero-order valence-corrected chi connectivity index (χ0v) is 13.6. The molecule has 0 saturated heterocycles. The van der Waals surface area contributed by atoms with Crippen LogP contribution in [0.4, 0.5) is 5.95 Å². The molecule has 1 aliphatic carbocycles. The Balaban J connectivity index is 2.58. The molecule has 0 atom stereocenters. The van der Waals surface area contributed by atoms with Crippen LogP contribution in [0.1, 0.15) is 38.6 Å². The SMILES string of the molecule is CCN(C(C)C)S(=O)(=O)n1c(N)nc2c1CCC(C(=O)O)=C2. The Morgan fingerprint density at radius 3 is 2.64 bits per heavy atom. The molecular formula is C13H20N4O4S. The number of carbonyl (C=O) groups is 1. The Morgan fingerprint density at radius 1 is 1.50 bits per heavy atom. The van der Waals surface area contributed by atoms with Gasteiger partial charge in [0, 0.05) is 18.2 Å². The lowest BCUT2D eigenvalue weighted by Gasteiger charge is -2.26. The summed E-state index contributed by atoms with van der Waals surface area (Å²) < 4.78 is 28.0. The first kappa shape index (κ1) is 16.5. The second-order valence-electron chi connectivity index (χ2n) is 5.35. The first-order valence-corrected chi connectivity index (χ1v) is 8.43. The van der Waals surface area contributed by atoms with Gasteiger partial charge in [0.25, 0.3) is 0 Å². The molecular weight excluding hydrogens is 308 g/mol. The van der Waals surface area contributed by atoms with E-state index in [0.717, 1.165) is 3.97 Å². The van der Waals surface area contributed by atoms with E-state index in [-0.39, 0.29) is 30.4 Å². The highest BCUT2D eigenvalue weighted by atomic mass is 32.2. The molecule has 0 amide bonds. The van der Waals surface area contributed by atoms with Crippen LogP contribution in [0.25, 0.3) is 6.08 Å². The van der Waals surface area contributed by atoms with E-state index in [0.29, 0.717) is 17.9 Å². The molecule has 3 N–H and O–H groups in total. The van der Waals surface area contributed by atoms with Crippen LogP contribution in [-0.2, 0) is 21.4 Å². The molecule has 0 bridgehead atoms. The van der Waals surface area contributed by atoms with Crippen molar-refractivity contribution < 1.29 is 18.3 Å². The Kier molecular flexibility index (Phi) is 4.30. The number of carboxylic acids is 1. The van der Waals surface area contributed by atoms with Gasteiger partial charge in [0.05, 0.1) is 11.4 Å². The van der Waals surface area contributed by atoms with Crippen molar-refractivity contribution in [3.8, 4) is 0 Å². The van der Waals surface area contributed by atoms with E-state index in [1.807, 2.05) is 0 Å². The quantitative estimate of drug-likeness (QED) is 0.821. The predicted octanol–water partition coefficient (Wildman–Crippen LogP) is 0.703. The summed E-state index contributed by atoms with van der Waals surface area (Å²) in [5, 5.41) is 9.04. The molecule has 0 spiro atoms. The highest BCUT2D eigenvalue weighted by Gasteiger charge is 2.32. The lowest BCUT2D eigenvalue weighted by atomic mass is 10.0. The van der Waals surface area contributed by atoms with Crippen molar-refractivity contribution in [1.29, 1.82) is 0 Å². The third-order valence-corrected chi connectivity index (χ3v) is 5.76. The van der Waals surface area contributed by atoms with Gasteiger partial charge in [-0.1, -0.05) is 6.92 Å². The van der Waals surface area contributed by atoms with Gasteiger partial charge in [-0.05, 0) is 32.8 Å². The van der Waals surface area contributed by atoms with Crippen LogP contribution in [0.2, 0.25) is 0 Å². The van der Waals surface area contributed by atoms with Crippen LogP contribution in [-0.4, -0.2) is 45.3 Å². The number of nitrogen functional groups attached to an aromatic ring is 1. The molecule has 22 heavy (non-hydrogen) atoms. The van der Waals surface area contributed by atoms with E-state index in [1.165, 1.54) is 10.4 Å². The van der Waals surface area contributed by atoms with Gasteiger partial charge < -0.3 is 10.8 Å². The Hall–Kier alpha value is -1.87. The van der Waals surface area contributed by atoms with Gasteiger partial charge in [-0.15, -0.1) is 0 Å². The molecule has 0 aliphatic heterocycles. The average Bonchev–Trinajstić information content (AvgIpc) is 2.73. The third kappa shape index (κ3) is 2.61. The normalized spacial score (nSPS) is 15.0. The number of nitrogens with two attached hydrogens (primary N) is 1. The van der Waals surface area contributed by atoms with Crippen LogP contribution >= 0.6 is 0 Å². The zero-order valence-electron chi connectivity index (χ0n) is 12.8. The summed E-state index contributed by atoms with van der Waals surface area (Å²) in [6, 6.07) is -0.221. The number of hydrogen-bond acceptors (Lipinski definition) is 5. The summed E-state index contributed by atoms with van der Waals surface area (Å²) in [6.07, 6.45) is 1.90. The van der Waals surface area contributed by atoms with E-state index in [4.69, 9.17) is 10.8 Å². The first-order valence-electron chi connectivity index (χ1n) is 7.03. The topological polar surface area (TPSA) is 119 Å². The molecule has 0 saturated carbocycles. The van der Waals surface area contributed by atoms with E-state index in [1.54, 1.807) is 20.8 Å². The van der Waals surface area contributed by atoms with Crippen molar-refractivity contribution in [1.82, 2.24) is 13.3 Å². The molecule has 1 aliphatic rings. The van der Waals surface area contributed by atoms with E-state index in [9.17, 15) is 13.2 Å². The fourth-order valence-electron chi connectivity index (χ4n) is 2.64. The van der Waals surface area contributed by atoms with Crippen LogP contribution in [0.5, 0.6) is 0 Å². The molecule has 0 aromatic carbocycles. The van der Waals surface area contributed by atoms with Crippen molar-refractivity contribution in [3.63, 3.8) is 0 Å². The average molecular weight is 328 g/mol. The van der Waals surface area contributed by atoms with E-state index in [2.05, 4.69) is 4.98 Å². The smallest absolute Gasteiger partial charge is 0.331 e. The monoisotopic (exact) mass is 328 g/mol. The molecule has 1 aromatic rings. The second-order valence-corrected chi connectivity index (χ2v) is 7.08. The number of carboxylic acid groups (broad SMARTS) is 1. The van der Waals surface area contributed by atoms with E-state index < -0.39 is 16.2 Å². The fourth-order valence-corrected chi connectivity index (χ4v) is 4.45. The van der Waals surface area contributed by atoms with Crippen LogP contribution in [0.15, 0.2) is 5.57 Å². The van der Waals surface area contributed by atoms with Gasteiger partial charge in [-0.25, -0.2) is 9.78 Å². The van der Waals surface area contributed by atoms with Crippen molar-refractivity contribution in [2.75, 3.05) is 12.3 Å². The zero-order chi connectivity index (χ0) is 16.7. The summed E-state index contributed by atoms with van der Waals surface area (Å²) in [7, 11) is -3.83. The maximum atomic E-state index is 12.8. The fraction of sp³-hybridized carbons (Fsp3) is 0.538. The number of imidazole rings is 1. The molecule has 0 radical (unpaired) electrons. The molecule has 8 nitrogen and oxygen atoms in total. The lowest BCUT2D eigenvalue weighted by molar-refractivity contribution is -0.132. The Labute approximate surface area is 129 Å². The number of hydrogen-bond donors (Lipinski definition) is 2. The lowest BCUT2D eigenvalue weighted by Crippen LogP contribution is -2.41. The highest BCUT2D eigenvalue weighted by molar-refractivity contribution is 7.87. The molecule has 9 heteroatoms. The first-order chi connectivity index (χ1) is 10.2. The molecule has 1 aromatic heterocycles.